The summed E-state index contributed by atoms with van der Waals surface area (Å²) in [6, 6.07) is 12.3. The first-order valence-corrected chi connectivity index (χ1v) is 20.1. The summed E-state index contributed by atoms with van der Waals surface area (Å²) in [4.78, 5) is 18.2. The van der Waals surface area contributed by atoms with Gasteiger partial charge in [-0.05, 0) is 124 Å². The minimum Gasteiger partial charge on any atom is -0.490 e. The van der Waals surface area contributed by atoms with Gasteiger partial charge in [0.25, 0.3) is 5.91 Å². The maximum absolute atomic E-state index is 13.6. The van der Waals surface area contributed by atoms with E-state index < -0.39 is 9.71 Å². The second kappa shape index (κ2) is 13.8. The molecule has 2 aromatic rings. The fraction of sp³-hybridized carbons (Fsp3) is 0.632. The zero-order valence-electron chi connectivity index (χ0n) is 28.8. The first-order chi connectivity index (χ1) is 23.0. The lowest BCUT2D eigenvalue weighted by molar-refractivity contribution is -0.240. The molecule has 1 amide bonds. The third-order valence-electron chi connectivity index (χ3n) is 11.8. The molecule has 1 saturated carbocycles. The summed E-state index contributed by atoms with van der Waals surface area (Å²) in [6.45, 7) is 5.69. The molecule has 7 rings (SSSR count). The number of benzene rings is 2. The number of anilines is 1. The van der Waals surface area contributed by atoms with E-state index in [2.05, 4.69) is 53.5 Å². The first-order valence-electron chi connectivity index (χ1n) is 17.9. The molecule has 1 unspecified atom stereocenters. The highest BCUT2D eigenvalue weighted by Crippen LogP contribution is 2.49. The molecule has 48 heavy (non-hydrogen) atoms. The summed E-state index contributed by atoms with van der Waals surface area (Å²) in [5.74, 6) is 6.15. The summed E-state index contributed by atoms with van der Waals surface area (Å²) in [5.41, 5.74) is 3.84. The van der Waals surface area contributed by atoms with Gasteiger partial charge in [0.05, 0.1) is 31.5 Å². The maximum atomic E-state index is 13.6. The zero-order chi connectivity index (χ0) is 33.6. The quantitative estimate of drug-likeness (QED) is 0.390. The van der Waals surface area contributed by atoms with Crippen LogP contribution in [0, 0.1) is 23.7 Å². The van der Waals surface area contributed by atoms with E-state index in [0.717, 1.165) is 80.9 Å². The monoisotopic (exact) mass is 697 g/mol. The largest absolute Gasteiger partial charge is 0.490 e. The lowest BCUT2D eigenvalue weighted by Crippen LogP contribution is -2.52. The van der Waals surface area contributed by atoms with E-state index in [0.29, 0.717) is 43.0 Å². The van der Waals surface area contributed by atoms with Crippen molar-refractivity contribution in [2.24, 2.45) is 23.7 Å². The van der Waals surface area contributed by atoms with Crippen molar-refractivity contribution in [2.75, 3.05) is 57.7 Å². The molecule has 10 heteroatoms. The molecule has 1 spiro atoms. The Morgan fingerprint density at radius 3 is 2.60 bits per heavy atom. The van der Waals surface area contributed by atoms with Gasteiger partial charge in [-0.25, -0.2) is 4.21 Å². The van der Waals surface area contributed by atoms with Crippen LogP contribution in [0.2, 0.25) is 5.02 Å². The predicted octanol–water partition coefficient (Wildman–Crippen LogP) is 5.94. The number of halogens is 1. The summed E-state index contributed by atoms with van der Waals surface area (Å²) in [7, 11) is 1.34. The normalized spacial score (nSPS) is 35.9. The fourth-order valence-corrected chi connectivity index (χ4v) is 10.9. The van der Waals surface area contributed by atoms with Crippen LogP contribution in [0.5, 0.6) is 5.75 Å². The molecule has 1 N–H and O–H groups in total. The minimum atomic E-state index is -2.82. The Balaban J connectivity index is 1.25. The Kier molecular flexibility index (Phi) is 9.81. The van der Waals surface area contributed by atoms with Crippen LogP contribution in [0.15, 0.2) is 36.4 Å². The number of nitrogens with one attached hydrogen (secondary N) is 1. The molecular formula is C38H52ClN3O5S. The molecule has 1 saturated heterocycles. The van der Waals surface area contributed by atoms with Gasteiger partial charge in [0.2, 0.25) is 0 Å². The molecule has 8 nitrogen and oxygen atoms in total. The second-order valence-electron chi connectivity index (χ2n) is 15.6. The van der Waals surface area contributed by atoms with E-state index >= 15 is 0 Å². The summed E-state index contributed by atoms with van der Waals surface area (Å²) in [5, 5.41) is 0.771. The van der Waals surface area contributed by atoms with Crippen LogP contribution in [0.25, 0.3) is 0 Å². The Morgan fingerprint density at radius 2 is 1.85 bits per heavy atom. The van der Waals surface area contributed by atoms with Crippen LogP contribution in [0.4, 0.5) is 5.69 Å². The zero-order valence-corrected chi connectivity index (χ0v) is 30.3. The van der Waals surface area contributed by atoms with Crippen LogP contribution in [-0.4, -0.2) is 86.0 Å². The number of ether oxygens (including phenoxy) is 3. The fourth-order valence-electron chi connectivity index (χ4n) is 9.04. The Morgan fingerprint density at radius 1 is 1.04 bits per heavy atom. The van der Waals surface area contributed by atoms with E-state index in [1.807, 2.05) is 18.2 Å². The molecule has 2 bridgehead atoms. The SMILES string of the molecule is C=S1(=O)C[C@@H](C)CCC[C@H](C2OCC(N(C)C)CO2)[C@@H]2CC[C@H]2CN2C[C@@]3(CCCc4cc(Cl)ccc43)COc3ccc(cc32)C(=O)N1. The smallest absolute Gasteiger partial charge is 0.262 e. The minimum absolute atomic E-state index is 0.160. The number of fused-ring (bicyclic) bond motifs is 4. The highest BCUT2D eigenvalue weighted by molar-refractivity contribution is 7.99. The van der Waals surface area contributed by atoms with Gasteiger partial charge < -0.3 is 24.0 Å². The lowest BCUT2D eigenvalue weighted by atomic mass is 9.64. The third-order valence-corrected chi connectivity index (χ3v) is 13.7. The van der Waals surface area contributed by atoms with Crippen LogP contribution < -0.4 is 14.4 Å². The van der Waals surface area contributed by atoms with E-state index in [1.54, 1.807) is 6.07 Å². The van der Waals surface area contributed by atoms with Crippen LogP contribution >= 0.6 is 11.6 Å². The molecule has 0 radical (unpaired) electrons. The number of amides is 1. The maximum Gasteiger partial charge on any atom is 0.262 e. The molecule has 3 heterocycles. The van der Waals surface area contributed by atoms with Crippen molar-refractivity contribution in [1.82, 2.24) is 9.62 Å². The second-order valence-corrected chi connectivity index (χ2v) is 18.1. The van der Waals surface area contributed by atoms with Gasteiger partial charge in [-0.3, -0.25) is 9.52 Å². The van der Waals surface area contributed by atoms with Gasteiger partial charge in [0.15, 0.2) is 6.29 Å². The van der Waals surface area contributed by atoms with Crippen LogP contribution in [-0.2, 0) is 31.0 Å². The molecule has 262 valence electrons. The van der Waals surface area contributed by atoms with E-state index in [9.17, 15) is 9.00 Å². The van der Waals surface area contributed by atoms with Gasteiger partial charge >= 0.3 is 0 Å². The van der Waals surface area contributed by atoms with Crippen molar-refractivity contribution in [2.45, 2.75) is 76.0 Å². The number of aryl methyl sites for hydroxylation is 1. The van der Waals surface area contributed by atoms with Crippen molar-refractivity contribution < 1.29 is 23.2 Å². The van der Waals surface area contributed by atoms with Gasteiger partial charge in [-0.1, -0.05) is 31.0 Å². The highest BCUT2D eigenvalue weighted by atomic mass is 35.5. The average molecular weight is 698 g/mol. The van der Waals surface area contributed by atoms with Crippen LogP contribution in [0.1, 0.15) is 73.4 Å². The molecule has 2 aliphatic carbocycles. The topological polar surface area (TPSA) is 80.3 Å². The van der Waals surface area contributed by atoms with Gasteiger partial charge in [-0.2, -0.15) is 0 Å². The molecule has 0 aromatic heterocycles. The Labute approximate surface area is 292 Å². The van der Waals surface area contributed by atoms with Crippen molar-refractivity contribution in [3.63, 3.8) is 0 Å². The van der Waals surface area contributed by atoms with Crippen molar-refractivity contribution in [3.8, 4) is 5.75 Å². The number of likely N-dealkylation sites (N-methyl/N-ethyl adjacent to an activating group) is 1. The van der Waals surface area contributed by atoms with E-state index in [-0.39, 0.29) is 35.5 Å². The first kappa shape index (κ1) is 34.2. The predicted molar refractivity (Wildman–Crippen MR) is 194 cm³/mol. The van der Waals surface area contributed by atoms with Gasteiger partial charge in [0, 0.05) is 50.5 Å². The summed E-state index contributed by atoms with van der Waals surface area (Å²) < 4.78 is 36.1. The molecule has 3 aliphatic heterocycles. The Hall–Kier alpha value is -2.30. The molecule has 2 fully saturated rings. The Bertz CT molecular complexity index is 1610. The van der Waals surface area contributed by atoms with Crippen molar-refractivity contribution in [1.29, 1.82) is 0 Å². The van der Waals surface area contributed by atoms with Gasteiger partial charge in [-0.15, -0.1) is 0 Å². The average Bonchev–Trinajstić information content (AvgIpc) is 3.18. The molecule has 2 aromatic carbocycles. The summed E-state index contributed by atoms with van der Waals surface area (Å²) in [6.07, 6.45) is 8.10. The van der Waals surface area contributed by atoms with Crippen molar-refractivity contribution >= 4 is 38.8 Å². The van der Waals surface area contributed by atoms with Crippen molar-refractivity contribution in [3.05, 3.63) is 58.1 Å². The molecule has 6 atom stereocenters. The standard InChI is InChI=1S/C38H52ClN3O5S/c1-25-7-5-9-32(37-45-20-30(21-46-37)41(2)3)31-13-10-28(31)19-42-23-38(16-6-8-26-17-29(39)12-14-33(26)38)24-47-35-15-11-27(18-34(35)42)36(43)40-48(4,44)22-25/h11-12,14-15,17-18,25,28,30-32,37H,4-10,13,16,19-24H2,1-3H3,(H,40,43,44)/t25-,28-,30?,31+,32-,37?,38-,48?/m0/s1. The number of carbonyl (C=O) groups excluding carboxylic acids is 1. The lowest BCUT2D eigenvalue weighted by Gasteiger charge is -2.49. The summed E-state index contributed by atoms with van der Waals surface area (Å²) >= 11 is 6.48. The number of hydrogen-bond donors (Lipinski definition) is 1. The number of nitrogens with zero attached hydrogens (tertiary/aromatic N) is 2. The van der Waals surface area contributed by atoms with E-state index in [4.69, 9.17) is 25.8 Å². The molecule has 5 aliphatic rings. The highest BCUT2D eigenvalue weighted by Gasteiger charge is 2.46. The van der Waals surface area contributed by atoms with Gasteiger partial charge in [0.1, 0.15) is 5.75 Å². The number of carbonyl (C=O) groups is 1. The number of rotatable bonds is 2. The number of hydrogen-bond acceptors (Lipinski definition) is 7. The van der Waals surface area contributed by atoms with Crippen LogP contribution in [0.3, 0.4) is 0 Å². The van der Waals surface area contributed by atoms with E-state index in [1.165, 1.54) is 11.1 Å². The third kappa shape index (κ3) is 7.00. The molecular weight excluding hydrogens is 646 g/mol.